The summed E-state index contributed by atoms with van der Waals surface area (Å²) in [6.45, 7) is 1.15. The van der Waals surface area contributed by atoms with E-state index in [0.29, 0.717) is 4.47 Å². The molecular formula is C15H12BrF2NO2. The zero-order valence-corrected chi connectivity index (χ0v) is 12.7. The highest BCUT2D eigenvalue weighted by atomic mass is 79.9. The first kappa shape index (κ1) is 15.4. The van der Waals surface area contributed by atoms with Gasteiger partial charge in [0.2, 0.25) is 0 Å². The Morgan fingerprint density at radius 1 is 1.29 bits per heavy atom. The van der Waals surface area contributed by atoms with Crippen LogP contribution in [-0.4, -0.2) is 5.78 Å². The fraction of sp³-hybridized carbons (Fsp3) is 0.133. The van der Waals surface area contributed by atoms with Gasteiger partial charge in [0.05, 0.1) is 11.3 Å². The molecule has 0 unspecified atom stereocenters. The first-order valence-electron chi connectivity index (χ1n) is 6.05. The molecular weight excluding hydrogens is 344 g/mol. The van der Waals surface area contributed by atoms with E-state index < -0.39 is 11.6 Å². The van der Waals surface area contributed by atoms with Crippen molar-refractivity contribution in [3.63, 3.8) is 0 Å². The predicted molar refractivity (Wildman–Crippen MR) is 79.2 cm³/mol. The third kappa shape index (κ3) is 3.58. The third-order valence-corrected chi connectivity index (χ3v) is 3.30. The van der Waals surface area contributed by atoms with Crippen LogP contribution in [0.2, 0.25) is 0 Å². The molecule has 0 aliphatic rings. The Bertz CT molecular complexity index is 704. The summed E-state index contributed by atoms with van der Waals surface area (Å²) in [7, 11) is 0. The van der Waals surface area contributed by atoms with E-state index in [1.807, 2.05) is 0 Å². The lowest BCUT2D eigenvalue weighted by atomic mass is 10.1. The van der Waals surface area contributed by atoms with Crippen molar-refractivity contribution in [2.45, 2.75) is 13.5 Å². The lowest BCUT2D eigenvalue weighted by Gasteiger charge is -2.13. The van der Waals surface area contributed by atoms with E-state index in [-0.39, 0.29) is 35.0 Å². The maximum Gasteiger partial charge on any atom is 0.163 e. The van der Waals surface area contributed by atoms with Gasteiger partial charge in [-0.25, -0.2) is 8.78 Å². The van der Waals surface area contributed by atoms with Crippen molar-refractivity contribution in [3.05, 3.63) is 57.6 Å². The highest BCUT2D eigenvalue weighted by molar-refractivity contribution is 9.10. The standard InChI is InChI=1S/C15H12BrF2NO2/c1-8(20)12-5-10(16)6-14(19)15(12)21-7-9-4-11(17)2-3-13(9)18/h2-6H,7,19H2,1H3. The third-order valence-electron chi connectivity index (χ3n) is 2.84. The van der Waals surface area contributed by atoms with E-state index in [4.69, 9.17) is 10.5 Å². The summed E-state index contributed by atoms with van der Waals surface area (Å²) in [6, 6.07) is 6.22. The van der Waals surface area contributed by atoms with E-state index >= 15 is 0 Å². The summed E-state index contributed by atoms with van der Waals surface area (Å²) < 4.78 is 32.7. The molecule has 0 saturated carbocycles. The van der Waals surface area contributed by atoms with E-state index in [1.54, 1.807) is 12.1 Å². The van der Waals surface area contributed by atoms with Crippen LogP contribution in [0, 0.1) is 11.6 Å². The topological polar surface area (TPSA) is 52.3 Å². The van der Waals surface area contributed by atoms with Crippen LogP contribution in [0.15, 0.2) is 34.8 Å². The number of nitrogens with two attached hydrogens (primary N) is 1. The van der Waals surface area contributed by atoms with Gasteiger partial charge in [-0.1, -0.05) is 15.9 Å². The molecule has 3 nitrogen and oxygen atoms in total. The van der Waals surface area contributed by atoms with Crippen molar-refractivity contribution in [2.24, 2.45) is 0 Å². The second kappa shape index (κ2) is 6.22. The van der Waals surface area contributed by atoms with Crippen LogP contribution >= 0.6 is 15.9 Å². The number of halogens is 3. The Hall–Kier alpha value is -1.95. The van der Waals surface area contributed by atoms with Crippen molar-refractivity contribution < 1.29 is 18.3 Å². The van der Waals surface area contributed by atoms with Crippen LogP contribution in [0.5, 0.6) is 5.75 Å². The number of carbonyl (C=O) groups excluding carboxylic acids is 1. The molecule has 0 aliphatic carbocycles. The maximum absolute atomic E-state index is 13.5. The minimum Gasteiger partial charge on any atom is -0.486 e. The SMILES string of the molecule is CC(=O)c1cc(Br)cc(N)c1OCc1cc(F)ccc1F. The molecule has 110 valence electrons. The van der Waals surface area contributed by atoms with Gasteiger partial charge in [-0.05, 0) is 37.3 Å². The lowest BCUT2D eigenvalue weighted by molar-refractivity contribution is 0.101. The van der Waals surface area contributed by atoms with Gasteiger partial charge in [0.25, 0.3) is 0 Å². The summed E-state index contributed by atoms with van der Waals surface area (Å²) in [5.41, 5.74) is 6.38. The van der Waals surface area contributed by atoms with Crippen molar-refractivity contribution >= 4 is 27.4 Å². The van der Waals surface area contributed by atoms with Crippen LogP contribution in [0.4, 0.5) is 14.5 Å². The molecule has 21 heavy (non-hydrogen) atoms. The smallest absolute Gasteiger partial charge is 0.163 e. The van der Waals surface area contributed by atoms with E-state index in [2.05, 4.69) is 15.9 Å². The first-order chi connectivity index (χ1) is 9.88. The molecule has 0 heterocycles. The van der Waals surface area contributed by atoms with Gasteiger partial charge >= 0.3 is 0 Å². The molecule has 0 radical (unpaired) electrons. The lowest BCUT2D eigenvalue weighted by Crippen LogP contribution is -2.06. The highest BCUT2D eigenvalue weighted by Gasteiger charge is 2.15. The summed E-state index contributed by atoms with van der Waals surface area (Å²) in [5, 5.41) is 0. The van der Waals surface area contributed by atoms with Crippen LogP contribution in [0.3, 0.4) is 0 Å². The Balaban J connectivity index is 2.32. The van der Waals surface area contributed by atoms with Gasteiger partial charge in [-0.2, -0.15) is 0 Å². The Morgan fingerprint density at radius 3 is 2.67 bits per heavy atom. The number of nitrogen functional groups attached to an aromatic ring is 1. The number of carbonyl (C=O) groups is 1. The first-order valence-corrected chi connectivity index (χ1v) is 6.84. The minimum absolute atomic E-state index is 0.0480. The van der Waals surface area contributed by atoms with Crippen LogP contribution in [0.25, 0.3) is 0 Å². The van der Waals surface area contributed by atoms with Gasteiger partial charge in [0, 0.05) is 10.0 Å². The number of ether oxygens (including phenoxy) is 1. The average Bonchev–Trinajstić information content (AvgIpc) is 2.40. The zero-order valence-electron chi connectivity index (χ0n) is 11.1. The molecule has 0 atom stereocenters. The summed E-state index contributed by atoms with van der Waals surface area (Å²) in [6.07, 6.45) is 0. The molecule has 2 rings (SSSR count). The number of ketones is 1. The average molecular weight is 356 g/mol. The summed E-state index contributed by atoms with van der Waals surface area (Å²) in [5.74, 6) is -1.23. The second-order valence-electron chi connectivity index (χ2n) is 4.45. The Kier molecular flexibility index (Phi) is 4.57. The normalized spacial score (nSPS) is 10.5. The Labute approximate surface area is 128 Å². The van der Waals surface area contributed by atoms with Gasteiger partial charge < -0.3 is 10.5 Å². The van der Waals surface area contributed by atoms with Gasteiger partial charge in [-0.3, -0.25) is 4.79 Å². The van der Waals surface area contributed by atoms with E-state index in [9.17, 15) is 13.6 Å². The predicted octanol–water partition coefficient (Wildman–Crippen LogP) is 4.09. The van der Waals surface area contributed by atoms with Gasteiger partial charge in [0.15, 0.2) is 11.5 Å². The molecule has 0 saturated heterocycles. The maximum atomic E-state index is 13.5. The molecule has 2 aromatic carbocycles. The largest absolute Gasteiger partial charge is 0.486 e. The van der Waals surface area contributed by atoms with E-state index in [0.717, 1.165) is 18.2 Å². The number of hydrogen-bond acceptors (Lipinski definition) is 3. The number of anilines is 1. The zero-order chi connectivity index (χ0) is 15.6. The molecule has 0 bridgehead atoms. The van der Waals surface area contributed by atoms with Gasteiger partial charge in [-0.15, -0.1) is 0 Å². The Morgan fingerprint density at radius 2 is 2.00 bits per heavy atom. The molecule has 0 fully saturated rings. The fourth-order valence-corrected chi connectivity index (χ4v) is 2.32. The van der Waals surface area contributed by atoms with Crippen LogP contribution in [0.1, 0.15) is 22.8 Å². The molecule has 6 heteroatoms. The molecule has 0 amide bonds. The van der Waals surface area contributed by atoms with Crippen molar-refractivity contribution in [1.82, 2.24) is 0 Å². The molecule has 0 aromatic heterocycles. The van der Waals surface area contributed by atoms with E-state index in [1.165, 1.54) is 6.92 Å². The summed E-state index contributed by atoms with van der Waals surface area (Å²) in [4.78, 5) is 11.6. The fourth-order valence-electron chi connectivity index (χ4n) is 1.84. The summed E-state index contributed by atoms with van der Waals surface area (Å²) >= 11 is 3.24. The van der Waals surface area contributed by atoms with Crippen molar-refractivity contribution in [2.75, 3.05) is 5.73 Å². The number of hydrogen-bond donors (Lipinski definition) is 1. The quantitative estimate of drug-likeness (QED) is 0.663. The second-order valence-corrected chi connectivity index (χ2v) is 5.37. The van der Waals surface area contributed by atoms with Crippen LogP contribution in [-0.2, 0) is 6.61 Å². The monoisotopic (exact) mass is 355 g/mol. The number of rotatable bonds is 4. The van der Waals surface area contributed by atoms with Gasteiger partial charge in [0.1, 0.15) is 18.2 Å². The molecule has 0 aliphatic heterocycles. The number of Topliss-reactive ketones (excluding diaryl/α,β-unsaturated/α-hetero) is 1. The molecule has 0 spiro atoms. The van der Waals surface area contributed by atoms with Crippen molar-refractivity contribution in [3.8, 4) is 5.75 Å². The van der Waals surface area contributed by atoms with Crippen molar-refractivity contribution in [1.29, 1.82) is 0 Å². The minimum atomic E-state index is -0.587. The van der Waals surface area contributed by atoms with Crippen LogP contribution < -0.4 is 10.5 Å². The molecule has 2 N–H and O–H groups in total. The number of benzene rings is 2. The molecule has 2 aromatic rings. The highest BCUT2D eigenvalue weighted by Crippen LogP contribution is 2.32.